The van der Waals surface area contributed by atoms with Crippen molar-refractivity contribution in [1.29, 1.82) is 0 Å². The van der Waals surface area contributed by atoms with E-state index in [1.165, 1.54) is 16.5 Å². The number of halogens is 1. The van der Waals surface area contributed by atoms with E-state index in [1.807, 2.05) is 0 Å². The molecule has 0 fully saturated rings. The van der Waals surface area contributed by atoms with E-state index >= 15 is 0 Å². The first-order valence-electron chi connectivity index (χ1n) is 6.12. The van der Waals surface area contributed by atoms with Crippen molar-refractivity contribution in [2.75, 3.05) is 19.0 Å². The number of hydrogen-bond donors (Lipinski definition) is 1. The molecule has 1 N–H and O–H groups in total. The van der Waals surface area contributed by atoms with Crippen LogP contribution in [0.15, 0.2) is 30.5 Å². The zero-order valence-corrected chi connectivity index (χ0v) is 11.0. The van der Waals surface area contributed by atoms with Gasteiger partial charge in [-0.15, -0.1) is 11.6 Å². The molecule has 0 aliphatic heterocycles. The third-order valence-corrected chi connectivity index (χ3v) is 3.31. The van der Waals surface area contributed by atoms with Crippen LogP contribution in [-0.2, 0) is 13.5 Å². The topological polar surface area (TPSA) is 17.0 Å². The number of hydrogen-bond acceptors (Lipinski definition) is 1. The third kappa shape index (κ3) is 3.02. The van der Waals surface area contributed by atoms with E-state index in [-0.39, 0.29) is 0 Å². The van der Waals surface area contributed by atoms with Gasteiger partial charge in [-0.05, 0) is 37.6 Å². The van der Waals surface area contributed by atoms with Gasteiger partial charge < -0.3 is 9.88 Å². The van der Waals surface area contributed by atoms with Gasteiger partial charge in [-0.25, -0.2) is 0 Å². The first-order chi connectivity index (χ1) is 8.33. The van der Waals surface area contributed by atoms with Crippen LogP contribution in [-0.4, -0.2) is 23.5 Å². The van der Waals surface area contributed by atoms with Gasteiger partial charge in [-0.1, -0.05) is 18.2 Å². The number of nitrogens with zero attached hydrogens (tertiary/aromatic N) is 1. The molecule has 0 bridgehead atoms. The molecule has 3 heteroatoms. The van der Waals surface area contributed by atoms with Crippen LogP contribution in [0.3, 0.4) is 0 Å². The number of para-hydroxylation sites is 1. The van der Waals surface area contributed by atoms with Crippen LogP contribution >= 0.6 is 11.6 Å². The molecule has 0 atom stereocenters. The van der Waals surface area contributed by atoms with E-state index in [9.17, 15) is 0 Å². The second-order valence-electron chi connectivity index (χ2n) is 4.32. The molecule has 0 amide bonds. The SMILES string of the molecule is Cn1cc(CCNCCCCl)c2ccccc21. The largest absolute Gasteiger partial charge is 0.350 e. The predicted molar refractivity (Wildman–Crippen MR) is 74.8 cm³/mol. The van der Waals surface area contributed by atoms with Crippen molar-refractivity contribution in [2.24, 2.45) is 7.05 Å². The fraction of sp³-hybridized carbons (Fsp3) is 0.429. The summed E-state index contributed by atoms with van der Waals surface area (Å²) in [5, 5.41) is 4.78. The molecule has 0 aliphatic rings. The van der Waals surface area contributed by atoms with Crippen LogP contribution in [0.2, 0.25) is 0 Å². The van der Waals surface area contributed by atoms with E-state index in [1.54, 1.807) is 0 Å². The Kier molecular flexibility index (Phi) is 4.46. The summed E-state index contributed by atoms with van der Waals surface area (Å²) in [6, 6.07) is 8.56. The average Bonchev–Trinajstić information content (AvgIpc) is 2.67. The van der Waals surface area contributed by atoms with Crippen molar-refractivity contribution in [3.05, 3.63) is 36.0 Å². The molecule has 1 heterocycles. The number of aromatic nitrogens is 1. The van der Waals surface area contributed by atoms with Crippen molar-refractivity contribution in [2.45, 2.75) is 12.8 Å². The normalized spacial score (nSPS) is 11.2. The van der Waals surface area contributed by atoms with Gasteiger partial charge in [0.05, 0.1) is 0 Å². The maximum absolute atomic E-state index is 5.64. The summed E-state index contributed by atoms with van der Waals surface area (Å²) in [5.41, 5.74) is 2.73. The second-order valence-corrected chi connectivity index (χ2v) is 4.70. The summed E-state index contributed by atoms with van der Waals surface area (Å²) in [4.78, 5) is 0. The highest BCUT2D eigenvalue weighted by atomic mass is 35.5. The predicted octanol–water partition coefficient (Wildman–Crippen LogP) is 2.94. The molecule has 0 spiro atoms. The van der Waals surface area contributed by atoms with Crippen molar-refractivity contribution in [3.63, 3.8) is 0 Å². The average molecular weight is 251 g/mol. The molecule has 0 aliphatic carbocycles. The van der Waals surface area contributed by atoms with Crippen LogP contribution in [0.5, 0.6) is 0 Å². The Labute approximate surface area is 108 Å². The van der Waals surface area contributed by atoms with Crippen LogP contribution in [0.4, 0.5) is 0 Å². The monoisotopic (exact) mass is 250 g/mol. The number of fused-ring (bicyclic) bond motifs is 1. The van der Waals surface area contributed by atoms with Crippen LogP contribution in [0, 0.1) is 0 Å². The highest BCUT2D eigenvalue weighted by Gasteiger charge is 2.04. The lowest BCUT2D eigenvalue weighted by Gasteiger charge is -2.02. The van der Waals surface area contributed by atoms with Gasteiger partial charge in [-0.2, -0.15) is 0 Å². The molecule has 0 radical (unpaired) electrons. The lowest BCUT2D eigenvalue weighted by atomic mass is 10.1. The highest BCUT2D eigenvalue weighted by Crippen LogP contribution is 2.20. The number of alkyl halides is 1. The Hall–Kier alpha value is -0.990. The summed E-state index contributed by atoms with van der Waals surface area (Å²) in [6.45, 7) is 2.03. The first kappa shape index (κ1) is 12.5. The Bertz CT molecular complexity index is 476. The number of rotatable bonds is 6. The van der Waals surface area contributed by atoms with E-state index in [4.69, 9.17) is 11.6 Å². The minimum Gasteiger partial charge on any atom is -0.350 e. The Morgan fingerprint density at radius 3 is 2.88 bits per heavy atom. The zero-order valence-electron chi connectivity index (χ0n) is 10.2. The molecular weight excluding hydrogens is 232 g/mol. The van der Waals surface area contributed by atoms with Gasteiger partial charge in [-0.3, -0.25) is 0 Å². The summed E-state index contributed by atoms with van der Waals surface area (Å²) >= 11 is 5.64. The third-order valence-electron chi connectivity index (χ3n) is 3.04. The lowest BCUT2D eigenvalue weighted by molar-refractivity contribution is 0.674. The first-order valence-corrected chi connectivity index (χ1v) is 6.66. The number of benzene rings is 1. The molecule has 0 saturated carbocycles. The van der Waals surface area contributed by atoms with Gasteiger partial charge in [0, 0.05) is 30.0 Å². The van der Waals surface area contributed by atoms with Gasteiger partial charge in [0.25, 0.3) is 0 Å². The Balaban J connectivity index is 1.99. The molecule has 2 rings (SSSR count). The fourth-order valence-corrected chi connectivity index (χ4v) is 2.30. The van der Waals surface area contributed by atoms with Gasteiger partial charge in [0.2, 0.25) is 0 Å². The smallest absolute Gasteiger partial charge is 0.0480 e. The Morgan fingerprint density at radius 2 is 2.06 bits per heavy atom. The number of aryl methyl sites for hydroxylation is 1. The van der Waals surface area contributed by atoms with E-state index < -0.39 is 0 Å². The molecule has 17 heavy (non-hydrogen) atoms. The van der Waals surface area contributed by atoms with Crippen molar-refractivity contribution >= 4 is 22.5 Å². The summed E-state index contributed by atoms with van der Waals surface area (Å²) in [5.74, 6) is 0.737. The molecule has 2 aromatic rings. The fourth-order valence-electron chi connectivity index (χ4n) is 2.16. The maximum atomic E-state index is 5.64. The van der Waals surface area contributed by atoms with E-state index in [0.717, 1.165) is 31.8 Å². The van der Waals surface area contributed by atoms with E-state index in [0.29, 0.717) is 0 Å². The standard InChI is InChI=1S/C14H19ClN2/c1-17-11-12(7-10-16-9-4-8-15)13-5-2-3-6-14(13)17/h2-3,5-6,11,16H,4,7-10H2,1H3. The molecule has 1 aromatic carbocycles. The van der Waals surface area contributed by atoms with Crippen LogP contribution in [0.1, 0.15) is 12.0 Å². The minimum absolute atomic E-state index is 0.737. The van der Waals surface area contributed by atoms with Crippen molar-refractivity contribution < 1.29 is 0 Å². The molecule has 0 saturated heterocycles. The molecule has 2 nitrogen and oxygen atoms in total. The summed E-state index contributed by atoms with van der Waals surface area (Å²) in [7, 11) is 2.10. The molecule has 92 valence electrons. The number of nitrogens with one attached hydrogen (secondary N) is 1. The highest BCUT2D eigenvalue weighted by molar-refractivity contribution is 6.17. The van der Waals surface area contributed by atoms with E-state index in [2.05, 4.69) is 47.4 Å². The van der Waals surface area contributed by atoms with Crippen molar-refractivity contribution in [3.8, 4) is 0 Å². The Morgan fingerprint density at radius 1 is 1.24 bits per heavy atom. The minimum atomic E-state index is 0.737. The molecule has 1 aromatic heterocycles. The van der Waals surface area contributed by atoms with Crippen molar-refractivity contribution in [1.82, 2.24) is 9.88 Å². The molecule has 0 unspecified atom stereocenters. The summed E-state index contributed by atoms with van der Waals surface area (Å²) in [6.07, 6.45) is 4.34. The van der Waals surface area contributed by atoms with Gasteiger partial charge in [0.1, 0.15) is 0 Å². The quantitative estimate of drug-likeness (QED) is 0.616. The lowest BCUT2D eigenvalue weighted by Crippen LogP contribution is -2.18. The van der Waals surface area contributed by atoms with Gasteiger partial charge >= 0.3 is 0 Å². The van der Waals surface area contributed by atoms with Crippen LogP contribution < -0.4 is 5.32 Å². The zero-order chi connectivity index (χ0) is 12.1. The van der Waals surface area contributed by atoms with Crippen LogP contribution in [0.25, 0.3) is 10.9 Å². The maximum Gasteiger partial charge on any atom is 0.0480 e. The summed E-state index contributed by atoms with van der Waals surface area (Å²) < 4.78 is 2.20. The molecular formula is C14H19ClN2. The van der Waals surface area contributed by atoms with Gasteiger partial charge in [0.15, 0.2) is 0 Å². The second kappa shape index (κ2) is 6.08.